The average molecular weight is 376 g/mol. The van der Waals surface area contributed by atoms with Crippen LogP contribution in [0.15, 0.2) is 0 Å². The van der Waals surface area contributed by atoms with Gasteiger partial charge in [-0.25, -0.2) is 0 Å². The van der Waals surface area contributed by atoms with E-state index >= 15 is 0 Å². The first-order valence-corrected chi connectivity index (χ1v) is 8.21. The first-order chi connectivity index (χ1) is 11.1. The summed E-state index contributed by atoms with van der Waals surface area (Å²) in [6.07, 6.45) is -11.9. The smallest absolute Gasteiger partial charge is 0.430 e. The molecule has 0 heterocycles. The molecule has 2 aliphatic carbocycles. The fourth-order valence-electron chi connectivity index (χ4n) is 4.01. The Morgan fingerprint density at radius 3 is 1.96 bits per heavy atom. The summed E-state index contributed by atoms with van der Waals surface area (Å²) in [5.41, 5.74) is -9.38. The van der Waals surface area contributed by atoms with E-state index in [-0.39, 0.29) is 19.3 Å². The lowest BCUT2D eigenvalue weighted by Gasteiger charge is -2.50. The zero-order valence-electron chi connectivity index (χ0n) is 14.2. The molecule has 2 rings (SSSR count). The van der Waals surface area contributed by atoms with Gasteiger partial charge in [0.1, 0.15) is 0 Å². The van der Waals surface area contributed by atoms with E-state index in [0.717, 1.165) is 0 Å². The van der Waals surface area contributed by atoms with Crippen molar-refractivity contribution >= 4 is 5.97 Å². The number of rotatable bonds is 4. The number of alkyl halides is 6. The largest absolute Gasteiger partial charge is 0.454 e. The van der Waals surface area contributed by atoms with Crippen molar-refractivity contribution < 1.29 is 41.0 Å². The van der Waals surface area contributed by atoms with E-state index in [4.69, 9.17) is 4.74 Å². The van der Waals surface area contributed by atoms with Gasteiger partial charge in [0.25, 0.3) is 5.60 Å². The molecular formula is C16H22F6O3. The molecule has 146 valence electrons. The SMILES string of the molecule is CCC(C)(C)C(=O)OC1(C(O)(C(F)(F)F)C(F)(F)F)CC2CCC1C2. The second kappa shape index (κ2) is 5.76. The molecule has 2 fully saturated rings. The summed E-state index contributed by atoms with van der Waals surface area (Å²) in [6, 6.07) is 0. The van der Waals surface area contributed by atoms with Crippen LogP contribution in [-0.4, -0.2) is 34.6 Å². The van der Waals surface area contributed by atoms with Crippen molar-refractivity contribution in [3.8, 4) is 0 Å². The van der Waals surface area contributed by atoms with Crippen molar-refractivity contribution in [2.24, 2.45) is 17.3 Å². The lowest BCUT2D eigenvalue weighted by Crippen LogP contribution is -2.74. The van der Waals surface area contributed by atoms with Crippen LogP contribution in [0.4, 0.5) is 26.3 Å². The summed E-state index contributed by atoms with van der Waals surface area (Å²) in [4.78, 5) is 12.4. The monoisotopic (exact) mass is 376 g/mol. The van der Waals surface area contributed by atoms with E-state index in [1.165, 1.54) is 13.8 Å². The lowest BCUT2D eigenvalue weighted by atomic mass is 9.70. The normalized spacial score (nSPS) is 30.6. The second-order valence-electron chi connectivity index (χ2n) is 7.80. The Bertz CT molecular complexity index is 525. The molecule has 0 aliphatic heterocycles. The Labute approximate surface area is 141 Å². The maximum absolute atomic E-state index is 13.5. The number of carbonyl (C=O) groups excluding carboxylic acids is 1. The minimum Gasteiger partial charge on any atom is -0.454 e. The number of esters is 1. The maximum atomic E-state index is 13.5. The van der Waals surface area contributed by atoms with Crippen molar-refractivity contribution in [2.45, 2.75) is 76.4 Å². The van der Waals surface area contributed by atoms with Gasteiger partial charge in [-0.05, 0) is 51.9 Å². The molecule has 0 saturated heterocycles. The van der Waals surface area contributed by atoms with Gasteiger partial charge in [0.05, 0.1) is 5.41 Å². The van der Waals surface area contributed by atoms with E-state index in [1.807, 2.05) is 0 Å². The number of hydrogen-bond donors (Lipinski definition) is 1. The number of fused-ring (bicyclic) bond motifs is 2. The minimum absolute atomic E-state index is 0.0545. The lowest BCUT2D eigenvalue weighted by molar-refractivity contribution is -0.419. The van der Waals surface area contributed by atoms with Gasteiger partial charge in [-0.1, -0.05) is 6.92 Å². The Balaban J connectivity index is 2.59. The molecule has 25 heavy (non-hydrogen) atoms. The Morgan fingerprint density at radius 1 is 1.12 bits per heavy atom. The molecule has 0 aromatic carbocycles. The average Bonchev–Trinajstić information content (AvgIpc) is 3.04. The van der Waals surface area contributed by atoms with Gasteiger partial charge in [0.2, 0.25) is 0 Å². The number of aliphatic hydroxyl groups is 1. The first-order valence-electron chi connectivity index (χ1n) is 8.21. The molecule has 3 nitrogen and oxygen atoms in total. The maximum Gasteiger partial charge on any atom is 0.430 e. The van der Waals surface area contributed by atoms with E-state index in [0.29, 0.717) is 6.42 Å². The third-order valence-corrected chi connectivity index (χ3v) is 5.94. The molecule has 2 bridgehead atoms. The highest BCUT2D eigenvalue weighted by Gasteiger charge is 2.84. The van der Waals surface area contributed by atoms with Crippen LogP contribution in [0.1, 0.15) is 52.9 Å². The molecular weight excluding hydrogens is 354 g/mol. The van der Waals surface area contributed by atoms with E-state index in [2.05, 4.69) is 0 Å². The number of hydrogen-bond acceptors (Lipinski definition) is 3. The molecule has 9 heteroatoms. The summed E-state index contributed by atoms with van der Waals surface area (Å²) in [5.74, 6) is -2.77. The zero-order chi connectivity index (χ0) is 19.5. The van der Waals surface area contributed by atoms with Crippen LogP contribution in [0.5, 0.6) is 0 Å². The Kier molecular flexibility index (Phi) is 4.68. The van der Waals surface area contributed by atoms with Gasteiger partial charge in [-0.15, -0.1) is 0 Å². The number of halogens is 6. The topological polar surface area (TPSA) is 46.5 Å². The van der Waals surface area contributed by atoms with Gasteiger partial charge < -0.3 is 9.84 Å². The summed E-state index contributed by atoms with van der Waals surface area (Å²) >= 11 is 0. The van der Waals surface area contributed by atoms with E-state index in [9.17, 15) is 36.2 Å². The van der Waals surface area contributed by atoms with Gasteiger partial charge in [-0.3, -0.25) is 4.79 Å². The highest BCUT2D eigenvalue weighted by atomic mass is 19.4. The zero-order valence-corrected chi connectivity index (χ0v) is 14.2. The highest BCUT2D eigenvalue weighted by Crippen LogP contribution is 2.64. The molecule has 0 aromatic rings. The molecule has 2 aliphatic rings. The van der Waals surface area contributed by atoms with Crippen LogP contribution in [0.3, 0.4) is 0 Å². The van der Waals surface area contributed by atoms with Gasteiger partial charge in [0.15, 0.2) is 5.60 Å². The molecule has 0 amide bonds. The van der Waals surface area contributed by atoms with Crippen LogP contribution in [0.25, 0.3) is 0 Å². The molecule has 2 saturated carbocycles. The van der Waals surface area contributed by atoms with Crippen LogP contribution in [0, 0.1) is 17.3 Å². The van der Waals surface area contributed by atoms with Crippen LogP contribution >= 0.6 is 0 Å². The van der Waals surface area contributed by atoms with Gasteiger partial charge in [-0.2, -0.15) is 26.3 Å². The summed E-state index contributed by atoms with van der Waals surface area (Å²) in [6.45, 7) is 4.35. The van der Waals surface area contributed by atoms with Crippen molar-refractivity contribution in [3.63, 3.8) is 0 Å². The Morgan fingerprint density at radius 2 is 1.64 bits per heavy atom. The molecule has 0 radical (unpaired) electrons. The molecule has 0 spiro atoms. The molecule has 3 unspecified atom stereocenters. The summed E-state index contributed by atoms with van der Waals surface area (Å²) in [5, 5.41) is 10.0. The minimum atomic E-state index is -6.02. The molecule has 0 aromatic heterocycles. The van der Waals surface area contributed by atoms with Crippen LogP contribution in [0.2, 0.25) is 0 Å². The van der Waals surface area contributed by atoms with E-state index < -0.39 is 53.2 Å². The third-order valence-electron chi connectivity index (χ3n) is 5.94. The quantitative estimate of drug-likeness (QED) is 0.585. The fraction of sp³-hybridized carbons (Fsp3) is 0.938. The van der Waals surface area contributed by atoms with Crippen LogP contribution in [-0.2, 0) is 9.53 Å². The van der Waals surface area contributed by atoms with Crippen molar-refractivity contribution in [1.29, 1.82) is 0 Å². The fourth-order valence-corrected chi connectivity index (χ4v) is 4.01. The summed E-state index contributed by atoms with van der Waals surface area (Å²) in [7, 11) is 0. The number of carbonyl (C=O) groups is 1. The second-order valence-corrected chi connectivity index (χ2v) is 7.80. The first kappa shape index (κ1) is 20.3. The van der Waals surface area contributed by atoms with Crippen molar-refractivity contribution in [2.75, 3.05) is 0 Å². The third kappa shape index (κ3) is 2.82. The van der Waals surface area contributed by atoms with Gasteiger partial charge >= 0.3 is 18.3 Å². The standard InChI is InChI=1S/C16H22F6O3/c1-4-12(2,3)11(23)25-13(8-9-5-6-10(13)7-9)14(24,15(17,18)19)16(20,21)22/h9-10,24H,4-8H2,1-3H3. The van der Waals surface area contributed by atoms with Crippen molar-refractivity contribution in [1.82, 2.24) is 0 Å². The summed E-state index contributed by atoms with van der Waals surface area (Å²) < 4.78 is 85.9. The van der Waals surface area contributed by atoms with E-state index in [1.54, 1.807) is 6.92 Å². The molecule has 1 N–H and O–H groups in total. The number of ether oxygens (including phenoxy) is 1. The van der Waals surface area contributed by atoms with Crippen molar-refractivity contribution in [3.05, 3.63) is 0 Å². The predicted octanol–water partition coefficient (Wildman–Crippen LogP) is 4.38. The Hall–Kier alpha value is -0.990. The molecule has 3 atom stereocenters. The predicted molar refractivity (Wildman–Crippen MR) is 75.4 cm³/mol. The van der Waals surface area contributed by atoms with Gasteiger partial charge in [0, 0.05) is 5.92 Å². The highest BCUT2D eigenvalue weighted by molar-refractivity contribution is 5.76. The van der Waals surface area contributed by atoms with Crippen LogP contribution < -0.4 is 0 Å².